The summed E-state index contributed by atoms with van der Waals surface area (Å²) in [4.78, 5) is 24.2. The van der Waals surface area contributed by atoms with Crippen LogP contribution in [-0.4, -0.2) is 47.9 Å². The molecule has 1 aromatic carbocycles. The standard InChI is InChI=1S/C18H22F2N2O4/c1-26-16(23)21-18(10-5-11-22(12-18)17(24)25)14(15(19)20)9-8-13-6-3-2-4-7-13/h2-4,6-7H,5,8-12H2,1H3,(H,21,23)(H,24,25). The van der Waals surface area contributed by atoms with Crippen molar-refractivity contribution >= 4 is 12.2 Å². The van der Waals surface area contributed by atoms with E-state index in [0.717, 1.165) is 17.6 Å². The summed E-state index contributed by atoms with van der Waals surface area (Å²) < 4.78 is 32.3. The average molecular weight is 368 g/mol. The van der Waals surface area contributed by atoms with Crippen molar-refractivity contribution in [3.63, 3.8) is 0 Å². The van der Waals surface area contributed by atoms with E-state index in [-0.39, 0.29) is 31.5 Å². The lowest BCUT2D eigenvalue weighted by atomic mass is 9.80. The van der Waals surface area contributed by atoms with Gasteiger partial charge in [0.1, 0.15) is 0 Å². The van der Waals surface area contributed by atoms with E-state index >= 15 is 0 Å². The Morgan fingerprint density at radius 2 is 2.00 bits per heavy atom. The van der Waals surface area contributed by atoms with Gasteiger partial charge in [0, 0.05) is 12.1 Å². The second-order valence-corrected chi connectivity index (χ2v) is 6.23. The molecule has 0 saturated carbocycles. The Morgan fingerprint density at radius 3 is 2.58 bits per heavy atom. The summed E-state index contributed by atoms with van der Waals surface area (Å²) in [5, 5.41) is 11.7. The number of carboxylic acid groups (broad SMARTS) is 1. The first-order valence-corrected chi connectivity index (χ1v) is 8.30. The molecule has 2 rings (SSSR count). The van der Waals surface area contributed by atoms with Gasteiger partial charge in [-0.05, 0) is 31.2 Å². The van der Waals surface area contributed by atoms with E-state index in [4.69, 9.17) is 0 Å². The highest BCUT2D eigenvalue weighted by molar-refractivity contribution is 5.70. The van der Waals surface area contributed by atoms with Gasteiger partial charge in [0.2, 0.25) is 0 Å². The lowest BCUT2D eigenvalue weighted by molar-refractivity contribution is 0.0984. The van der Waals surface area contributed by atoms with Gasteiger partial charge in [0.25, 0.3) is 6.08 Å². The van der Waals surface area contributed by atoms with Gasteiger partial charge in [-0.25, -0.2) is 9.59 Å². The molecule has 1 atom stereocenters. The number of nitrogens with zero attached hydrogens (tertiary/aromatic N) is 1. The van der Waals surface area contributed by atoms with Crippen molar-refractivity contribution in [2.24, 2.45) is 0 Å². The molecule has 2 N–H and O–H groups in total. The summed E-state index contributed by atoms with van der Waals surface area (Å²) in [7, 11) is 1.14. The van der Waals surface area contributed by atoms with Crippen LogP contribution in [-0.2, 0) is 11.2 Å². The summed E-state index contributed by atoms with van der Waals surface area (Å²) >= 11 is 0. The number of likely N-dealkylation sites (tertiary alicyclic amines) is 1. The van der Waals surface area contributed by atoms with Gasteiger partial charge in [-0.15, -0.1) is 0 Å². The fourth-order valence-corrected chi connectivity index (χ4v) is 3.32. The fraction of sp³-hybridized carbons (Fsp3) is 0.444. The topological polar surface area (TPSA) is 78.9 Å². The van der Waals surface area contributed by atoms with Crippen molar-refractivity contribution in [1.82, 2.24) is 10.2 Å². The number of alkyl carbamates (subject to hydrolysis) is 1. The van der Waals surface area contributed by atoms with Gasteiger partial charge in [0.05, 0.1) is 19.2 Å². The number of methoxy groups -OCH3 is 1. The van der Waals surface area contributed by atoms with Crippen molar-refractivity contribution in [2.45, 2.75) is 31.2 Å². The molecule has 26 heavy (non-hydrogen) atoms. The molecule has 1 aliphatic rings. The molecule has 6 nitrogen and oxygen atoms in total. The SMILES string of the molecule is COC(=O)NC1(C(CCc2ccccc2)=C(F)F)CCCN(C(=O)O)C1. The lowest BCUT2D eigenvalue weighted by Gasteiger charge is -2.43. The van der Waals surface area contributed by atoms with E-state index in [1.807, 2.05) is 30.3 Å². The highest BCUT2D eigenvalue weighted by Gasteiger charge is 2.43. The Hall–Kier alpha value is -2.64. The summed E-state index contributed by atoms with van der Waals surface area (Å²) in [5.74, 6) is 0. The predicted octanol–water partition coefficient (Wildman–Crippen LogP) is 3.64. The molecular weight excluding hydrogens is 346 g/mol. The maximum Gasteiger partial charge on any atom is 0.407 e. The fourth-order valence-electron chi connectivity index (χ4n) is 3.32. The molecule has 1 aromatic rings. The second kappa shape index (κ2) is 8.64. The van der Waals surface area contributed by atoms with E-state index in [1.165, 1.54) is 0 Å². The van der Waals surface area contributed by atoms with Crippen LogP contribution in [0.3, 0.4) is 0 Å². The number of rotatable bonds is 5. The zero-order chi connectivity index (χ0) is 19.2. The smallest absolute Gasteiger partial charge is 0.407 e. The van der Waals surface area contributed by atoms with Crippen LogP contribution in [0.5, 0.6) is 0 Å². The second-order valence-electron chi connectivity index (χ2n) is 6.23. The Kier molecular flexibility index (Phi) is 6.54. The summed E-state index contributed by atoms with van der Waals surface area (Å²) in [6.45, 7) is -0.00129. The van der Waals surface area contributed by atoms with Crippen molar-refractivity contribution in [3.05, 3.63) is 47.5 Å². The summed E-state index contributed by atoms with van der Waals surface area (Å²) in [6, 6.07) is 9.14. The quantitative estimate of drug-likeness (QED) is 0.832. The van der Waals surface area contributed by atoms with Crippen molar-refractivity contribution < 1.29 is 28.2 Å². The molecule has 0 aliphatic carbocycles. The molecule has 8 heteroatoms. The van der Waals surface area contributed by atoms with E-state index in [1.54, 1.807) is 0 Å². The number of benzene rings is 1. The number of ether oxygens (including phenoxy) is 1. The van der Waals surface area contributed by atoms with Crippen molar-refractivity contribution in [2.75, 3.05) is 20.2 Å². The van der Waals surface area contributed by atoms with Gasteiger partial charge in [-0.3, -0.25) is 0 Å². The molecule has 1 saturated heterocycles. The number of hydrogen-bond donors (Lipinski definition) is 2. The van der Waals surface area contributed by atoms with E-state index in [9.17, 15) is 23.5 Å². The van der Waals surface area contributed by atoms with Gasteiger partial charge in [-0.2, -0.15) is 8.78 Å². The molecule has 1 aliphatic heterocycles. The molecule has 1 fully saturated rings. The third-order valence-corrected chi connectivity index (χ3v) is 4.60. The third kappa shape index (κ3) is 4.71. The van der Waals surface area contributed by atoms with E-state index in [2.05, 4.69) is 10.1 Å². The maximum atomic E-state index is 13.8. The zero-order valence-electron chi connectivity index (χ0n) is 14.5. The first kappa shape index (κ1) is 19.7. The molecule has 0 radical (unpaired) electrons. The van der Waals surface area contributed by atoms with E-state index in [0.29, 0.717) is 12.8 Å². The van der Waals surface area contributed by atoms with Gasteiger partial charge < -0.3 is 20.1 Å². The van der Waals surface area contributed by atoms with Crippen LogP contribution in [0.4, 0.5) is 18.4 Å². The number of amides is 2. The van der Waals surface area contributed by atoms with Crippen LogP contribution < -0.4 is 5.32 Å². The summed E-state index contributed by atoms with van der Waals surface area (Å²) in [5.41, 5.74) is -0.847. The monoisotopic (exact) mass is 368 g/mol. The van der Waals surface area contributed by atoms with Gasteiger partial charge in [-0.1, -0.05) is 30.3 Å². The zero-order valence-corrected chi connectivity index (χ0v) is 14.5. The molecule has 1 heterocycles. The van der Waals surface area contributed by atoms with Gasteiger partial charge in [0.15, 0.2) is 0 Å². The minimum absolute atomic E-state index is 0.00377. The number of nitrogens with one attached hydrogen (secondary N) is 1. The number of halogens is 2. The third-order valence-electron chi connectivity index (χ3n) is 4.60. The highest BCUT2D eigenvalue weighted by atomic mass is 19.3. The first-order valence-electron chi connectivity index (χ1n) is 8.30. The number of piperidine rings is 1. The number of hydrogen-bond acceptors (Lipinski definition) is 3. The Labute approximate surface area is 150 Å². The summed E-state index contributed by atoms with van der Waals surface area (Å²) in [6.07, 6.45) is -3.04. The Morgan fingerprint density at radius 1 is 1.31 bits per heavy atom. The minimum atomic E-state index is -1.90. The molecule has 1 unspecified atom stereocenters. The van der Waals surface area contributed by atoms with Crippen LogP contribution in [0, 0.1) is 0 Å². The normalized spacial score (nSPS) is 19.6. The minimum Gasteiger partial charge on any atom is -0.465 e. The average Bonchev–Trinajstić information content (AvgIpc) is 2.62. The number of aryl methyl sites for hydroxylation is 1. The molecular formula is C18H22F2N2O4. The molecule has 2 amide bonds. The highest BCUT2D eigenvalue weighted by Crippen LogP contribution is 2.34. The molecule has 142 valence electrons. The van der Waals surface area contributed by atoms with Crippen LogP contribution in [0.1, 0.15) is 24.8 Å². The maximum absolute atomic E-state index is 13.8. The van der Waals surface area contributed by atoms with Crippen molar-refractivity contribution in [3.8, 4) is 0 Å². The number of carbonyl (C=O) groups excluding carboxylic acids is 1. The van der Waals surface area contributed by atoms with Crippen LogP contribution in [0.15, 0.2) is 42.0 Å². The largest absolute Gasteiger partial charge is 0.465 e. The van der Waals surface area contributed by atoms with E-state index < -0.39 is 23.8 Å². The Balaban J connectivity index is 2.31. The predicted molar refractivity (Wildman–Crippen MR) is 91.1 cm³/mol. The first-order chi connectivity index (χ1) is 12.4. The van der Waals surface area contributed by atoms with Crippen LogP contribution in [0.25, 0.3) is 0 Å². The van der Waals surface area contributed by atoms with Crippen LogP contribution in [0.2, 0.25) is 0 Å². The molecule has 0 spiro atoms. The number of carbonyl (C=O) groups is 2. The van der Waals surface area contributed by atoms with Gasteiger partial charge >= 0.3 is 12.2 Å². The molecule has 0 bridgehead atoms. The molecule has 0 aromatic heterocycles. The lowest BCUT2D eigenvalue weighted by Crippen LogP contribution is -2.60. The van der Waals surface area contributed by atoms with Crippen LogP contribution >= 0.6 is 0 Å². The van der Waals surface area contributed by atoms with Crippen molar-refractivity contribution in [1.29, 1.82) is 0 Å². The Bertz CT molecular complexity index is 677.